The van der Waals surface area contributed by atoms with E-state index in [1.54, 1.807) is 29.6 Å². The summed E-state index contributed by atoms with van der Waals surface area (Å²) in [6.45, 7) is 0. The van der Waals surface area contributed by atoms with E-state index >= 15 is 0 Å². The summed E-state index contributed by atoms with van der Waals surface area (Å²) in [5.41, 5.74) is 1.10. The van der Waals surface area contributed by atoms with Gasteiger partial charge >= 0.3 is 0 Å². The van der Waals surface area contributed by atoms with Gasteiger partial charge in [0.15, 0.2) is 11.3 Å². The van der Waals surface area contributed by atoms with Crippen LogP contribution in [0.25, 0.3) is 11.0 Å². The number of halogens is 2. The van der Waals surface area contributed by atoms with Gasteiger partial charge in [-0.25, -0.2) is 0 Å². The molecule has 0 saturated heterocycles. The maximum Gasteiger partial charge on any atom is 0.229 e. The smallest absolute Gasteiger partial charge is 0.229 e. The fourth-order valence-electron chi connectivity index (χ4n) is 1.72. The highest BCUT2D eigenvalue weighted by molar-refractivity contribution is 7.08. The molecule has 3 aromatic rings. The van der Waals surface area contributed by atoms with Crippen LogP contribution in [0.4, 0.5) is 0 Å². The van der Waals surface area contributed by atoms with Crippen molar-refractivity contribution in [2.45, 2.75) is 0 Å². The van der Waals surface area contributed by atoms with Crippen LogP contribution in [0.5, 0.6) is 0 Å². The molecule has 0 aliphatic carbocycles. The molecular formula is C13H6Cl2O2S. The number of carbonyl (C=O) groups is 1. The highest BCUT2D eigenvalue weighted by Crippen LogP contribution is 2.31. The zero-order valence-corrected chi connectivity index (χ0v) is 11.3. The zero-order chi connectivity index (χ0) is 12.7. The minimum absolute atomic E-state index is 0.153. The Hall–Kier alpha value is -1.29. The molecule has 0 saturated carbocycles. The van der Waals surface area contributed by atoms with Crippen LogP contribution in [0.2, 0.25) is 10.0 Å². The minimum Gasteiger partial charge on any atom is -0.451 e. The average molecular weight is 297 g/mol. The van der Waals surface area contributed by atoms with E-state index in [1.165, 1.54) is 11.3 Å². The summed E-state index contributed by atoms with van der Waals surface area (Å²) in [6.07, 6.45) is 0. The van der Waals surface area contributed by atoms with Crippen LogP contribution in [0, 0.1) is 0 Å². The standard InChI is InChI=1S/C13H6Cl2O2S/c14-9-3-8-4-11(17-13(8)10(15)5-9)12(16)7-1-2-18-6-7/h1-6H. The minimum atomic E-state index is -0.153. The van der Waals surface area contributed by atoms with Gasteiger partial charge in [-0.15, -0.1) is 0 Å². The molecule has 18 heavy (non-hydrogen) atoms. The van der Waals surface area contributed by atoms with Crippen LogP contribution in [0.3, 0.4) is 0 Å². The maximum absolute atomic E-state index is 12.1. The zero-order valence-electron chi connectivity index (χ0n) is 8.94. The van der Waals surface area contributed by atoms with Gasteiger partial charge < -0.3 is 4.42 Å². The summed E-state index contributed by atoms with van der Waals surface area (Å²) in [5, 5.41) is 5.28. The van der Waals surface area contributed by atoms with Crippen molar-refractivity contribution in [3.05, 3.63) is 56.4 Å². The van der Waals surface area contributed by atoms with Gasteiger partial charge in [-0.2, -0.15) is 11.3 Å². The van der Waals surface area contributed by atoms with Crippen LogP contribution >= 0.6 is 34.5 Å². The van der Waals surface area contributed by atoms with Gasteiger partial charge in [-0.05, 0) is 29.6 Å². The van der Waals surface area contributed by atoms with Gasteiger partial charge in [-0.3, -0.25) is 4.79 Å². The van der Waals surface area contributed by atoms with Crippen LogP contribution in [0.1, 0.15) is 16.1 Å². The lowest BCUT2D eigenvalue weighted by molar-refractivity contribution is 0.101. The van der Waals surface area contributed by atoms with Gasteiger partial charge in [0.1, 0.15) is 0 Å². The van der Waals surface area contributed by atoms with Crippen molar-refractivity contribution in [2.24, 2.45) is 0 Å². The third kappa shape index (κ3) is 1.94. The average Bonchev–Trinajstić information content (AvgIpc) is 2.96. The van der Waals surface area contributed by atoms with Gasteiger partial charge in [0.2, 0.25) is 5.78 Å². The second-order valence-electron chi connectivity index (χ2n) is 3.76. The Morgan fingerprint density at radius 1 is 1.22 bits per heavy atom. The molecule has 0 aliphatic rings. The number of carbonyl (C=O) groups excluding carboxylic acids is 1. The fourth-order valence-corrected chi connectivity index (χ4v) is 2.91. The third-order valence-corrected chi connectivity index (χ3v) is 3.73. The summed E-state index contributed by atoms with van der Waals surface area (Å²) >= 11 is 13.4. The molecule has 0 N–H and O–H groups in total. The van der Waals surface area contributed by atoms with E-state index in [-0.39, 0.29) is 11.5 Å². The van der Waals surface area contributed by atoms with E-state index in [4.69, 9.17) is 27.6 Å². The molecule has 2 heterocycles. The fraction of sp³-hybridized carbons (Fsp3) is 0. The van der Waals surface area contributed by atoms with Crippen LogP contribution in [0.15, 0.2) is 39.4 Å². The lowest BCUT2D eigenvalue weighted by Crippen LogP contribution is -1.96. The van der Waals surface area contributed by atoms with Crippen molar-refractivity contribution >= 4 is 51.3 Å². The molecule has 0 spiro atoms. The van der Waals surface area contributed by atoms with Crippen LogP contribution in [-0.2, 0) is 0 Å². The van der Waals surface area contributed by atoms with Crippen LogP contribution in [-0.4, -0.2) is 5.78 Å². The van der Waals surface area contributed by atoms with Crippen molar-refractivity contribution in [3.8, 4) is 0 Å². The summed E-state index contributed by atoms with van der Waals surface area (Å²) < 4.78 is 5.50. The monoisotopic (exact) mass is 296 g/mol. The lowest BCUT2D eigenvalue weighted by Gasteiger charge is -1.93. The molecule has 2 aromatic heterocycles. The molecule has 0 unspecified atom stereocenters. The van der Waals surface area contributed by atoms with Crippen molar-refractivity contribution in [3.63, 3.8) is 0 Å². The molecule has 0 bridgehead atoms. The number of fused-ring (bicyclic) bond motifs is 1. The molecule has 90 valence electrons. The Morgan fingerprint density at radius 3 is 2.78 bits per heavy atom. The number of hydrogen-bond donors (Lipinski definition) is 0. The number of thiophene rings is 1. The first-order chi connectivity index (χ1) is 8.65. The van der Waals surface area contributed by atoms with Crippen molar-refractivity contribution < 1.29 is 9.21 Å². The first kappa shape index (κ1) is 11.8. The highest BCUT2D eigenvalue weighted by atomic mass is 35.5. The predicted octanol–water partition coefficient (Wildman–Crippen LogP) is 5.03. The van der Waals surface area contributed by atoms with E-state index in [9.17, 15) is 4.79 Å². The molecule has 3 rings (SSSR count). The number of hydrogen-bond acceptors (Lipinski definition) is 3. The van der Waals surface area contributed by atoms with Gasteiger partial charge in [0.25, 0.3) is 0 Å². The third-order valence-electron chi connectivity index (χ3n) is 2.54. The number of furan rings is 1. The summed E-state index contributed by atoms with van der Waals surface area (Å²) in [4.78, 5) is 12.1. The second-order valence-corrected chi connectivity index (χ2v) is 5.38. The Labute approximate surface area is 117 Å². The normalized spacial score (nSPS) is 11.0. The molecule has 0 amide bonds. The molecule has 0 atom stereocenters. The molecule has 0 radical (unpaired) electrons. The largest absolute Gasteiger partial charge is 0.451 e. The number of rotatable bonds is 2. The van der Waals surface area contributed by atoms with Crippen molar-refractivity contribution in [1.29, 1.82) is 0 Å². The molecule has 2 nitrogen and oxygen atoms in total. The van der Waals surface area contributed by atoms with Gasteiger partial charge in [0, 0.05) is 21.4 Å². The van der Waals surface area contributed by atoms with E-state index in [1.807, 2.05) is 5.38 Å². The SMILES string of the molecule is O=C(c1ccsc1)c1cc2cc(Cl)cc(Cl)c2o1. The number of benzene rings is 1. The molecular weight excluding hydrogens is 291 g/mol. The van der Waals surface area contributed by atoms with E-state index < -0.39 is 0 Å². The van der Waals surface area contributed by atoms with Crippen molar-refractivity contribution in [1.82, 2.24) is 0 Å². The Bertz CT molecular complexity index is 729. The lowest BCUT2D eigenvalue weighted by atomic mass is 10.1. The molecule has 0 aliphatic heterocycles. The summed E-state index contributed by atoms with van der Waals surface area (Å²) in [5.74, 6) is 0.118. The summed E-state index contributed by atoms with van der Waals surface area (Å²) in [7, 11) is 0. The van der Waals surface area contributed by atoms with Gasteiger partial charge in [0.05, 0.1) is 5.02 Å². The van der Waals surface area contributed by atoms with Gasteiger partial charge in [-0.1, -0.05) is 23.2 Å². The first-order valence-electron chi connectivity index (χ1n) is 5.10. The van der Waals surface area contributed by atoms with Crippen molar-refractivity contribution in [2.75, 3.05) is 0 Å². The Balaban J connectivity index is 2.14. The number of ketones is 1. The maximum atomic E-state index is 12.1. The highest BCUT2D eigenvalue weighted by Gasteiger charge is 2.16. The Morgan fingerprint density at radius 2 is 2.06 bits per heavy atom. The molecule has 0 fully saturated rings. The predicted molar refractivity (Wildman–Crippen MR) is 74.0 cm³/mol. The quantitative estimate of drug-likeness (QED) is 0.621. The van der Waals surface area contributed by atoms with E-state index in [0.717, 1.165) is 5.39 Å². The summed E-state index contributed by atoms with van der Waals surface area (Å²) in [6, 6.07) is 6.73. The molecule has 1 aromatic carbocycles. The second kappa shape index (κ2) is 4.43. The van der Waals surface area contributed by atoms with Crippen LogP contribution < -0.4 is 0 Å². The molecule has 5 heteroatoms. The van der Waals surface area contributed by atoms with E-state index in [2.05, 4.69) is 0 Å². The first-order valence-corrected chi connectivity index (χ1v) is 6.80. The Kier molecular flexibility index (Phi) is 2.90. The topological polar surface area (TPSA) is 30.2 Å². The van der Waals surface area contributed by atoms with E-state index in [0.29, 0.717) is 21.2 Å².